The molecule has 0 aliphatic carbocycles. The molecule has 2 heterocycles. The fourth-order valence-electron chi connectivity index (χ4n) is 3.94. The largest absolute Gasteiger partial charge is 0.448 e. The number of rotatable bonds is 6. The lowest BCUT2D eigenvalue weighted by molar-refractivity contribution is 0.152. The van der Waals surface area contributed by atoms with Gasteiger partial charge in [-0.05, 0) is 37.6 Å². The fourth-order valence-corrected chi connectivity index (χ4v) is 4.98. The molecule has 2 saturated heterocycles. The molecule has 29 heavy (non-hydrogen) atoms. The van der Waals surface area contributed by atoms with E-state index < -0.39 is 0 Å². The lowest BCUT2D eigenvalue weighted by atomic mass is 10.2. The van der Waals surface area contributed by atoms with Crippen molar-refractivity contribution in [2.45, 2.75) is 23.6 Å². The summed E-state index contributed by atoms with van der Waals surface area (Å²) < 4.78 is 5.02. The normalized spacial score (nSPS) is 17.7. The van der Waals surface area contributed by atoms with E-state index in [-0.39, 0.29) is 6.09 Å². The number of cyclic esters (lactones) is 1. The molecule has 2 fully saturated rings. The fraction of sp³-hybridized carbons (Fsp3) is 0.435. The maximum atomic E-state index is 11.6. The Morgan fingerprint density at radius 2 is 1.72 bits per heavy atom. The number of carbonyl (C=O) groups excluding carboxylic acids is 1. The number of benzene rings is 2. The molecule has 5 nitrogen and oxygen atoms in total. The van der Waals surface area contributed by atoms with Crippen LogP contribution in [0, 0.1) is 13.8 Å². The summed E-state index contributed by atoms with van der Waals surface area (Å²) in [6, 6.07) is 15.4. The van der Waals surface area contributed by atoms with E-state index in [9.17, 15) is 4.79 Å². The van der Waals surface area contributed by atoms with Crippen molar-refractivity contribution in [1.29, 1.82) is 0 Å². The van der Waals surface area contributed by atoms with E-state index in [0.29, 0.717) is 6.61 Å². The Bertz CT molecular complexity index is 865. The van der Waals surface area contributed by atoms with Gasteiger partial charge < -0.3 is 14.5 Å². The Balaban J connectivity index is 1.36. The maximum Gasteiger partial charge on any atom is 0.409 e. The number of aryl methyl sites for hydroxylation is 2. The van der Waals surface area contributed by atoms with Gasteiger partial charge in [0.2, 0.25) is 0 Å². The van der Waals surface area contributed by atoms with Crippen LogP contribution in [-0.4, -0.2) is 68.3 Å². The van der Waals surface area contributed by atoms with E-state index in [2.05, 4.69) is 66.1 Å². The number of amides is 1. The summed E-state index contributed by atoms with van der Waals surface area (Å²) in [4.78, 5) is 21.0. The highest BCUT2D eigenvalue weighted by molar-refractivity contribution is 7.99. The van der Waals surface area contributed by atoms with Crippen molar-refractivity contribution in [2.75, 3.05) is 57.3 Å². The van der Waals surface area contributed by atoms with E-state index in [1.807, 2.05) is 16.7 Å². The average Bonchev–Trinajstić information content (AvgIpc) is 3.14. The Morgan fingerprint density at radius 3 is 2.45 bits per heavy atom. The molecule has 2 aromatic carbocycles. The first-order chi connectivity index (χ1) is 14.1. The number of para-hydroxylation sites is 1. The third-order valence-corrected chi connectivity index (χ3v) is 6.90. The number of ether oxygens (including phenoxy) is 1. The lowest BCUT2D eigenvalue weighted by Crippen LogP contribution is -2.48. The molecule has 2 aliphatic rings. The minimum atomic E-state index is -0.166. The summed E-state index contributed by atoms with van der Waals surface area (Å²) in [5.74, 6) is 0. The van der Waals surface area contributed by atoms with Crippen LogP contribution < -0.4 is 4.90 Å². The van der Waals surface area contributed by atoms with Gasteiger partial charge in [0.15, 0.2) is 0 Å². The van der Waals surface area contributed by atoms with Gasteiger partial charge in [0.1, 0.15) is 6.61 Å². The maximum absolute atomic E-state index is 11.6. The molecule has 0 unspecified atom stereocenters. The highest BCUT2D eigenvalue weighted by Gasteiger charge is 2.24. The van der Waals surface area contributed by atoms with Crippen molar-refractivity contribution in [3.63, 3.8) is 0 Å². The highest BCUT2D eigenvalue weighted by Crippen LogP contribution is 2.37. The van der Waals surface area contributed by atoms with Crippen molar-refractivity contribution in [1.82, 2.24) is 9.80 Å². The van der Waals surface area contributed by atoms with E-state index in [0.717, 1.165) is 45.8 Å². The highest BCUT2D eigenvalue weighted by atomic mass is 32.2. The van der Waals surface area contributed by atoms with Crippen molar-refractivity contribution < 1.29 is 9.53 Å². The Labute approximate surface area is 177 Å². The molecule has 4 rings (SSSR count). The number of nitrogens with zero attached hydrogens (tertiary/aromatic N) is 3. The van der Waals surface area contributed by atoms with Gasteiger partial charge in [-0.1, -0.05) is 41.6 Å². The first kappa shape index (κ1) is 20.1. The Morgan fingerprint density at radius 1 is 0.931 bits per heavy atom. The van der Waals surface area contributed by atoms with E-state index in [1.54, 1.807) is 0 Å². The third kappa shape index (κ3) is 4.87. The third-order valence-electron chi connectivity index (χ3n) is 5.66. The number of hydrogen-bond acceptors (Lipinski definition) is 5. The first-order valence-corrected chi connectivity index (χ1v) is 11.1. The lowest BCUT2D eigenvalue weighted by Gasteiger charge is -2.37. The first-order valence-electron chi connectivity index (χ1n) is 10.3. The second kappa shape index (κ2) is 9.09. The van der Waals surface area contributed by atoms with Gasteiger partial charge in [0.25, 0.3) is 0 Å². The SMILES string of the molecule is Cc1ccc(Sc2ccccc2N2CCN(CCN3CCOC3=O)CC2)c(C)c1. The van der Waals surface area contributed by atoms with Crippen molar-refractivity contribution in [3.8, 4) is 0 Å². The van der Waals surface area contributed by atoms with Crippen LogP contribution in [0.3, 0.4) is 0 Å². The standard InChI is InChI=1S/C23H29N3O2S/c1-18-7-8-21(19(2)17-18)29-22-6-4-3-5-20(22)25-12-9-24(10-13-25)11-14-26-15-16-28-23(26)27/h3-8,17H,9-16H2,1-2H3. The molecule has 0 saturated carbocycles. The molecular formula is C23H29N3O2S. The van der Waals surface area contributed by atoms with Crippen LogP contribution in [0.25, 0.3) is 0 Å². The van der Waals surface area contributed by atoms with Gasteiger partial charge in [-0.15, -0.1) is 0 Å². The zero-order valence-corrected chi connectivity index (χ0v) is 18.1. The van der Waals surface area contributed by atoms with Crippen LogP contribution in [0.1, 0.15) is 11.1 Å². The Kier molecular flexibility index (Phi) is 6.31. The van der Waals surface area contributed by atoms with Gasteiger partial charge in [0, 0.05) is 49.1 Å². The van der Waals surface area contributed by atoms with Crippen LogP contribution in [0.4, 0.5) is 10.5 Å². The van der Waals surface area contributed by atoms with Crippen molar-refractivity contribution in [2.24, 2.45) is 0 Å². The zero-order chi connectivity index (χ0) is 20.2. The van der Waals surface area contributed by atoms with Crippen molar-refractivity contribution in [3.05, 3.63) is 53.6 Å². The predicted octanol–water partition coefficient (Wildman–Crippen LogP) is 4.03. The van der Waals surface area contributed by atoms with E-state index in [1.165, 1.54) is 26.6 Å². The molecule has 1 amide bonds. The number of hydrogen-bond donors (Lipinski definition) is 0. The topological polar surface area (TPSA) is 36.0 Å². The van der Waals surface area contributed by atoms with Crippen LogP contribution in [0.5, 0.6) is 0 Å². The van der Waals surface area contributed by atoms with Gasteiger partial charge in [-0.25, -0.2) is 4.79 Å². The summed E-state index contributed by atoms with van der Waals surface area (Å²) in [6.45, 7) is 11.3. The van der Waals surface area contributed by atoms with Crippen LogP contribution in [0.15, 0.2) is 52.3 Å². The minimum absolute atomic E-state index is 0.166. The second-order valence-corrected chi connectivity index (χ2v) is 8.85. The molecular weight excluding hydrogens is 382 g/mol. The van der Waals surface area contributed by atoms with E-state index >= 15 is 0 Å². The van der Waals surface area contributed by atoms with Crippen LogP contribution >= 0.6 is 11.8 Å². The molecule has 0 atom stereocenters. The van der Waals surface area contributed by atoms with Gasteiger partial charge in [-0.2, -0.15) is 0 Å². The number of piperazine rings is 1. The quantitative estimate of drug-likeness (QED) is 0.717. The molecule has 0 aromatic heterocycles. The molecule has 0 N–H and O–H groups in total. The summed E-state index contributed by atoms with van der Waals surface area (Å²) in [5, 5.41) is 0. The summed E-state index contributed by atoms with van der Waals surface area (Å²) in [7, 11) is 0. The molecule has 2 aliphatic heterocycles. The van der Waals surface area contributed by atoms with E-state index in [4.69, 9.17) is 4.74 Å². The second-order valence-electron chi connectivity index (χ2n) is 7.77. The van der Waals surface area contributed by atoms with Gasteiger partial charge in [0.05, 0.1) is 12.2 Å². The summed E-state index contributed by atoms with van der Waals surface area (Å²) in [6.07, 6.45) is -0.166. The molecule has 154 valence electrons. The van der Waals surface area contributed by atoms with Crippen LogP contribution in [-0.2, 0) is 4.74 Å². The minimum Gasteiger partial charge on any atom is -0.448 e. The number of anilines is 1. The molecule has 6 heteroatoms. The predicted molar refractivity (Wildman–Crippen MR) is 118 cm³/mol. The summed E-state index contributed by atoms with van der Waals surface area (Å²) in [5.41, 5.74) is 3.95. The van der Waals surface area contributed by atoms with Crippen LogP contribution in [0.2, 0.25) is 0 Å². The van der Waals surface area contributed by atoms with Gasteiger partial charge in [-0.3, -0.25) is 4.90 Å². The number of carbonyl (C=O) groups is 1. The molecule has 0 bridgehead atoms. The summed E-state index contributed by atoms with van der Waals surface area (Å²) >= 11 is 1.86. The monoisotopic (exact) mass is 411 g/mol. The van der Waals surface area contributed by atoms with Gasteiger partial charge >= 0.3 is 6.09 Å². The smallest absolute Gasteiger partial charge is 0.409 e. The molecule has 0 spiro atoms. The Hall–Kier alpha value is -2.18. The zero-order valence-electron chi connectivity index (χ0n) is 17.3. The molecule has 2 aromatic rings. The average molecular weight is 412 g/mol. The van der Waals surface area contributed by atoms with Crippen molar-refractivity contribution >= 4 is 23.5 Å². The molecule has 0 radical (unpaired) electrons.